The van der Waals surface area contributed by atoms with E-state index in [0.717, 1.165) is 11.1 Å². The largest absolute Gasteiger partial charge is 0.395 e. The van der Waals surface area contributed by atoms with Gasteiger partial charge < -0.3 is 19.9 Å². The van der Waals surface area contributed by atoms with E-state index in [1.807, 2.05) is 12.1 Å². The Hall–Kier alpha value is -3.33. The van der Waals surface area contributed by atoms with Crippen LogP contribution in [-0.2, 0) is 0 Å². The molecule has 0 radical (unpaired) electrons. The summed E-state index contributed by atoms with van der Waals surface area (Å²) in [4.78, 5) is 30.7. The van der Waals surface area contributed by atoms with Gasteiger partial charge in [-0.2, -0.15) is 0 Å². The number of hydrogen-bond donors (Lipinski definition) is 2. The van der Waals surface area contributed by atoms with Gasteiger partial charge in [-0.3, -0.25) is 9.59 Å². The highest BCUT2D eigenvalue weighted by molar-refractivity contribution is 5.97. The van der Waals surface area contributed by atoms with Crippen molar-refractivity contribution in [2.45, 2.75) is 18.8 Å². The molecule has 3 aromatic rings. The number of nitrogens with zero attached hydrogens (tertiary/aromatic N) is 3. The molecular weight excluding hydrogens is 406 g/mol. The number of likely N-dealkylation sites (tertiary alicyclic amines) is 1. The summed E-state index contributed by atoms with van der Waals surface area (Å²) in [5.41, 5.74) is 2.13. The van der Waals surface area contributed by atoms with Crippen LogP contribution in [0.1, 0.15) is 33.6 Å². The molecule has 0 bridgehead atoms. The van der Waals surface area contributed by atoms with Crippen LogP contribution in [0.5, 0.6) is 0 Å². The number of aliphatic hydroxyl groups is 1. The van der Waals surface area contributed by atoms with E-state index >= 15 is 0 Å². The van der Waals surface area contributed by atoms with Crippen LogP contribution in [0.15, 0.2) is 48.8 Å². The van der Waals surface area contributed by atoms with Gasteiger partial charge in [-0.15, -0.1) is 0 Å². The van der Waals surface area contributed by atoms with E-state index in [0.29, 0.717) is 16.8 Å². The van der Waals surface area contributed by atoms with Crippen molar-refractivity contribution in [2.75, 3.05) is 26.2 Å². The second kappa shape index (κ2) is 8.43. The van der Waals surface area contributed by atoms with E-state index in [2.05, 4.69) is 10.3 Å². The van der Waals surface area contributed by atoms with Crippen LogP contribution in [0.25, 0.3) is 16.7 Å². The molecule has 162 valence electrons. The number of pyridine rings is 1. The number of amides is 2. The Kier molecular flexibility index (Phi) is 5.69. The first kappa shape index (κ1) is 20.9. The highest BCUT2D eigenvalue weighted by atomic mass is 19.3. The fourth-order valence-electron chi connectivity index (χ4n) is 3.64. The molecule has 3 heterocycles. The summed E-state index contributed by atoms with van der Waals surface area (Å²) in [6, 6.07) is 10.5. The van der Waals surface area contributed by atoms with Crippen LogP contribution < -0.4 is 5.32 Å². The van der Waals surface area contributed by atoms with Gasteiger partial charge in [0.15, 0.2) is 0 Å². The fourth-order valence-corrected chi connectivity index (χ4v) is 3.64. The third-order valence-corrected chi connectivity index (χ3v) is 5.34. The van der Waals surface area contributed by atoms with Crippen LogP contribution in [0.2, 0.25) is 0 Å². The second-order valence-corrected chi connectivity index (χ2v) is 7.50. The smallest absolute Gasteiger partial charge is 0.255 e. The summed E-state index contributed by atoms with van der Waals surface area (Å²) in [7, 11) is 0. The zero-order chi connectivity index (χ0) is 22.0. The molecule has 1 aromatic carbocycles. The zero-order valence-electron chi connectivity index (χ0n) is 16.7. The van der Waals surface area contributed by atoms with Crippen LogP contribution in [0, 0.1) is 0 Å². The lowest BCUT2D eigenvalue weighted by molar-refractivity contribution is -0.0494. The van der Waals surface area contributed by atoms with Crippen LogP contribution >= 0.6 is 0 Å². The highest BCUT2D eigenvalue weighted by Gasteiger charge is 2.35. The van der Waals surface area contributed by atoms with Crippen molar-refractivity contribution in [2.24, 2.45) is 0 Å². The topological polar surface area (TPSA) is 87.5 Å². The molecular formula is C22H22F2N4O3. The summed E-state index contributed by atoms with van der Waals surface area (Å²) >= 11 is 0. The van der Waals surface area contributed by atoms with Crippen molar-refractivity contribution in [1.82, 2.24) is 19.8 Å². The SMILES string of the molecule is O=C(NCCO)c1cccc(-n2ccc3cc(C(=O)N4CCC(F)(F)CC4)cnc32)c1. The molecule has 1 saturated heterocycles. The van der Waals surface area contributed by atoms with Gasteiger partial charge in [-0.25, -0.2) is 13.8 Å². The average Bonchev–Trinajstić information content (AvgIpc) is 3.20. The molecule has 7 nitrogen and oxygen atoms in total. The Morgan fingerprint density at radius 3 is 2.65 bits per heavy atom. The number of benzene rings is 1. The minimum atomic E-state index is -2.71. The predicted octanol–water partition coefficient (Wildman–Crippen LogP) is 2.62. The molecule has 0 aliphatic carbocycles. The quantitative estimate of drug-likeness (QED) is 0.654. The zero-order valence-corrected chi connectivity index (χ0v) is 16.7. The van der Waals surface area contributed by atoms with Gasteiger partial charge in [-0.05, 0) is 30.3 Å². The number of carbonyl (C=O) groups excluding carboxylic acids is 2. The van der Waals surface area contributed by atoms with Crippen LogP contribution in [0.4, 0.5) is 8.78 Å². The molecule has 2 N–H and O–H groups in total. The molecule has 0 spiro atoms. The second-order valence-electron chi connectivity index (χ2n) is 7.50. The van der Waals surface area contributed by atoms with E-state index < -0.39 is 5.92 Å². The number of nitrogens with one attached hydrogen (secondary N) is 1. The fraction of sp³-hybridized carbons (Fsp3) is 0.318. The van der Waals surface area contributed by atoms with E-state index in [1.54, 1.807) is 35.0 Å². The molecule has 0 atom stereocenters. The summed E-state index contributed by atoms with van der Waals surface area (Å²) in [5.74, 6) is -3.31. The molecule has 0 saturated carbocycles. The van der Waals surface area contributed by atoms with Gasteiger partial charge in [0.1, 0.15) is 5.65 Å². The van der Waals surface area contributed by atoms with Crippen molar-refractivity contribution in [3.8, 4) is 5.69 Å². The first-order chi connectivity index (χ1) is 14.9. The average molecular weight is 428 g/mol. The molecule has 4 rings (SSSR count). The molecule has 1 aliphatic heterocycles. The highest BCUT2D eigenvalue weighted by Crippen LogP contribution is 2.29. The van der Waals surface area contributed by atoms with Crippen molar-refractivity contribution in [3.05, 3.63) is 59.9 Å². The third kappa shape index (κ3) is 4.41. The Morgan fingerprint density at radius 1 is 1.13 bits per heavy atom. The number of fused-ring (bicyclic) bond motifs is 1. The Labute approximate surface area is 177 Å². The van der Waals surface area contributed by atoms with Crippen LogP contribution in [-0.4, -0.2) is 63.5 Å². The molecule has 1 aliphatic rings. The maximum absolute atomic E-state index is 13.4. The Balaban J connectivity index is 1.57. The minimum Gasteiger partial charge on any atom is -0.395 e. The lowest BCUT2D eigenvalue weighted by atomic mass is 10.1. The van der Waals surface area contributed by atoms with Gasteiger partial charge in [-0.1, -0.05) is 6.07 Å². The predicted molar refractivity (Wildman–Crippen MR) is 111 cm³/mol. The number of rotatable bonds is 5. The minimum absolute atomic E-state index is 0.0238. The van der Waals surface area contributed by atoms with E-state index in [9.17, 15) is 18.4 Å². The molecule has 9 heteroatoms. The lowest BCUT2D eigenvalue weighted by Crippen LogP contribution is -2.42. The van der Waals surface area contributed by atoms with Crippen LogP contribution in [0.3, 0.4) is 0 Å². The third-order valence-electron chi connectivity index (χ3n) is 5.34. The number of piperidine rings is 1. The first-order valence-corrected chi connectivity index (χ1v) is 10.0. The van der Waals surface area contributed by atoms with E-state index in [1.165, 1.54) is 11.1 Å². The Morgan fingerprint density at radius 2 is 1.90 bits per heavy atom. The maximum atomic E-state index is 13.4. The van der Waals surface area contributed by atoms with E-state index in [4.69, 9.17) is 5.11 Å². The summed E-state index contributed by atoms with van der Waals surface area (Å²) in [5, 5.41) is 12.2. The van der Waals surface area contributed by atoms with Gasteiger partial charge in [0, 0.05) is 61.5 Å². The normalized spacial score (nSPS) is 15.8. The van der Waals surface area contributed by atoms with Crippen molar-refractivity contribution in [3.63, 3.8) is 0 Å². The van der Waals surface area contributed by atoms with Crippen molar-refractivity contribution in [1.29, 1.82) is 0 Å². The Bertz CT molecular complexity index is 1120. The number of alkyl halides is 2. The monoisotopic (exact) mass is 428 g/mol. The standard InChI is InChI=1S/C22H22F2N4O3/c23-22(24)5-9-27(10-6-22)21(31)17-12-15-4-8-28(19(15)26-14-17)18-3-1-2-16(13-18)20(30)25-7-11-29/h1-4,8,12-14,29H,5-7,9-11H2,(H,25,30). The first-order valence-electron chi connectivity index (χ1n) is 10.0. The number of aliphatic hydroxyl groups excluding tert-OH is 1. The summed E-state index contributed by atoms with van der Waals surface area (Å²) in [6.07, 6.45) is 2.59. The van der Waals surface area contributed by atoms with Gasteiger partial charge in [0.25, 0.3) is 17.7 Å². The van der Waals surface area contributed by atoms with Gasteiger partial charge in [0.2, 0.25) is 0 Å². The maximum Gasteiger partial charge on any atom is 0.255 e. The molecule has 2 aromatic heterocycles. The van der Waals surface area contributed by atoms with E-state index in [-0.39, 0.29) is 50.9 Å². The number of aromatic nitrogens is 2. The van der Waals surface area contributed by atoms with Gasteiger partial charge >= 0.3 is 0 Å². The van der Waals surface area contributed by atoms with Gasteiger partial charge in [0.05, 0.1) is 12.2 Å². The van der Waals surface area contributed by atoms with Crippen molar-refractivity contribution >= 4 is 22.8 Å². The summed E-state index contributed by atoms with van der Waals surface area (Å²) < 4.78 is 28.5. The number of carbonyl (C=O) groups is 2. The molecule has 31 heavy (non-hydrogen) atoms. The molecule has 0 unspecified atom stereocenters. The van der Waals surface area contributed by atoms with Crippen molar-refractivity contribution < 1.29 is 23.5 Å². The lowest BCUT2D eigenvalue weighted by Gasteiger charge is -2.31. The molecule has 2 amide bonds. The number of halogens is 2. The molecule has 1 fully saturated rings. The summed E-state index contributed by atoms with van der Waals surface area (Å²) in [6.45, 7) is 0.0765. The number of hydrogen-bond acceptors (Lipinski definition) is 4.